The van der Waals surface area contributed by atoms with Crippen molar-refractivity contribution in [3.05, 3.63) is 36.3 Å². The van der Waals surface area contributed by atoms with E-state index in [0.29, 0.717) is 5.82 Å². The lowest BCUT2D eigenvalue weighted by Gasteiger charge is -2.06. The summed E-state index contributed by atoms with van der Waals surface area (Å²) >= 11 is 0. The Hall–Kier alpha value is -2.50. The molecule has 0 aliphatic carbocycles. The molecule has 2 N–H and O–H groups in total. The number of aromatic nitrogens is 5. The molecule has 0 fully saturated rings. The van der Waals surface area contributed by atoms with Gasteiger partial charge in [0.25, 0.3) is 0 Å². The first-order chi connectivity index (χ1) is 9.29. The molecule has 0 aliphatic rings. The smallest absolute Gasteiger partial charge is 0.169 e. The van der Waals surface area contributed by atoms with Gasteiger partial charge in [0.05, 0.1) is 22.4 Å². The van der Waals surface area contributed by atoms with E-state index in [2.05, 4.69) is 27.2 Å². The Bertz CT molecular complexity index is 718. The summed E-state index contributed by atoms with van der Waals surface area (Å²) in [7, 11) is 0. The van der Waals surface area contributed by atoms with Crippen molar-refractivity contribution in [3.63, 3.8) is 0 Å². The van der Waals surface area contributed by atoms with Crippen LogP contribution in [0.2, 0.25) is 0 Å². The molecule has 2 heterocycles. The summed E-state index contributed by atoms with van der Waals surface area (Å²) in [5, 5.41) is 8.05. The van der Waals surface area contributed by atoms with E-state index in [1.165, 1.54) is 0 Å². The molecule has 0 saturated carbocycles. The maximum Gasteiger partial charge on any atom is 0.169 e. The summed E-state index contributed by atoms with van der Waals surface area (Å²) in [5.41, 5.74) is 9.38. The molecule has 0 aliphatic heterocycles. The van der Waals surface area contributed by atoms with Gasteiger partial charge in [-0.25, -0.2) is 4.68 Å². The van der Waals surface area contributed by atoms with Crippen molar-refractivity contribution in [1.29, 1.82) is 0 Å². The van der Waals surface area contributed by atoms with Crippen molar-refractivity contribution < 1.29 is 0 Å². The third-order valence-electron chi connectivity index (χ3n) is 2.98. The Kier molecular flexibility index (Phi) is 2.83. The Labute approximate surface area is 110 Å². The minimum atomic E-state index is 0.487. The van der Waals surface area contributed by atoms with Crippen molar-refractivity contribution in [2.24, 2.45) is 0 Å². The molecule has 0 atom stereocenters. The number of anilines is 1. The molecular formula is C13H14N6. The van der Waals surface area contributed by atoms with E-state index in [4.69, 9.17) is 5.73 Å². The Morgan fingerprint density at radius 3 is 2.74 bits per heavy atom. The lowest BCUT2D eigenvalue weighted by molar-refractivity contribution is 0.746. The van der Waals surface area contributed by atoms with Crippen LogP contribution in [-0.2, 0) is 6.42 Å². The second-order valence-electron chi connectivity index (χ2n) is 4.31. The van der Waals surface area contributed by atoms with Crippen LogP contribution < -0.4 is 5.73 Å². The van der Waals surface area contributed by atoms with E-state index >= 15 is 0 Å². The highest BCUT2D eigenvalue weighted by Crippen LogP contribution is 2.19. The van der Waals surface area contributed by atoms with Crippen LogP contribution in [0.15, 0.2) is 30.6 Å². The molecule has 0 radical (unpaired) electrons. The summed E-state index contributed by atoms with van der Waals surface area (Å²) < 4.78 is 1.77. The van der Waals surface area contributed by atoms with E-state index in [9.17, 15) is 0 Å². The number of nitrogen functional groups attached to an aromatic ring is 1. The molecule has 0 bridgehead atoms. The predicted octanol–water partition coefficient (Wildman–Crippen LogP) is 1.75. The van der Waals surface area contributed by atoms with Crippen LogP contribution >= 0.6 is 0 Å². The van der Waals surface area contributed by atoms with E-state index in [-0.39, 0.29) is 0 Å². The molecular weight excluding hydrogens is 240 g/mol. The highest BCUT2D eigenvalue weighted by Gasteiger charge is 2.11. The number of rotatable bonds is 3. The van der Waals surface area contributed by atoms with Crippen molar-refractivity contribution in [2.75, 3.05) is 5.73 Å². The van der Waals surface area contributed by atoms with Gasteiger partial charge in [-0.15, -0.1) is 5.10 Å². The molecule has 0 saturated heterocycles. The maximum absolute atomic E-state index is 5.86. The fraction of sp³-hybridized carbons (Fsp3) is 0.231. The number of nitrogens with two attached hydrogens (primary N) is 1. The van der Waals surface area contributed by atoms with Gasteiger partial charge in [-0.1, -0.05) is 18.6 Å². The third kappa shape index (κ3) is 2.01. The number of nitrogens with zero attached hydrogens (tertiary/aromatic N) is 5. The van der Waals surface area contributed by atoms with Crippen molar-refractivity contribution >= 4 is 16.9 Å². The van der Waals surface area contributed by atoms with Gasteiger partial charge in [0.2, 0.25) is 0 Å². The van der Waals surface area contributed by atoms with Gasteiger partial charge in [-0.3, -0.25) is 9.97 Å². The largest absolute Gasteiger partial charge is 0.381 e. The molecule has 96 valence electrons. The molecule has 0 amide bonds. The van der Waals surface area contributed by atoms with E-state index in [1.54, 1.807) is 17.1 Å². The van der Waals surface area contributed by atoms with Gasteiger partial charge < -0.3 is 5.73 Å². The highest BCUT2D eigenvalue weighted by molar-refractivity contribution is 5.76. The normalized spacial score (nSPS) is 11.0. The first kappa shape index (κ1) is 11.6. The Morgan fingerprint density at radius 2 is 1.95 bits per heavy atom. The minimum Gasteiger partial charge on any atom is -0.381 e. The van der Waals surface area contributed by atoms with Gasteiger partial charge in [0.1, 0.15) is 0 Å². The van der Waals surface area contributed by atoms with Crippen LogP contribution in [0.1, 0.15) is 19.0 Å². The SMILES string of the molecule is CCCc1c(N)nnn1-c1ccc2nccnc2c1. The summed E-state index contributed by atoms with van der Waals surface area (Å²) in [4.78, 5) is 8.54. The maximum atomic E-state index is 5.86. The van der Waals surface area contributed by atoms with Gasteiger partial charge in [-0.2, -0.15) is 0 Å². The van der Waals surface area contributed by atoms with Crippen LogP contribution in [-0.4, -0.2) is 25.0 Å². The van der Waals surface area contributed by atoms with Crippen LogP contribution in [0, 0.1) is 0 Å². The molecule has 2 aromatic heterocycles. The lowest BCUT2D eigenvalue weighted by atomic mass is 10.2. The fourth-order valence-electron chi connectivity index (χ4n) is 2.07. The average Bonchev–Trinajstić information content (AvgIpc) is 2.80. The average molecular weight is 254 g/mol. The minimum absolute atomic E-state index is 0.487. The molecule has 0 unspecified atom stereocenters. The summed E-state index contributed by atoms with van der Waals surface area (Å²) in [6, 6.07) is 5.81. The van der Waals surface area contributed by atoms with Crippen LogP contribution in [0.25, 0.3) is 16.7 Å². The quantitative estimate of drug-likeness (QED) is 0.769. The highest BCUT2D eigenvalue weighted by atomic mass is 15.4. The van der Waals surface area contributed by atoms with Crippen LogP contribution in [0.4, 0.5) is 5.82 Å². The number of hydrogen-bond acceptors (Lipinski definition) is 5. The van der Waals surface area contributed by atoms with Crippen molar-refractivity contribution in [3.8, 4) is 5.69 Å². The number of fused-ring (bicyclic) bond motifs is 1. The predicted molar refractivity (Wildman–Crippen MR) is 72.9 cm³/mol. The van der Waals surface area contributed by atoms with Crippen molar-refractivity contribution in [2.45, 2.75) is 19.8 Å². The summed E-state index contributed by atoms with van der Waals surface area (Å²) in [6.07, 6.45) is 5.19. The standard InChI is InChI=1S/C13H14N6/c1-2-3-12-13(14)17-18-19(12)9-4-5-10-11(8-9)16-7-6-15-10/h4-8H,2-3,14H2,1H3. The first-order valence-corrected chi connectivity index (χ1v) is 6.21. The molecule has 3 rings (SSSR count). The van der Waals surface area contributed by atoms with E-state index < -0.39 is 0 Å². The first-order valence-electron chi connectivity index (χ1n) is 6.21. The topological polar surface area (TPSA) is 82.5 Å². The zero-order valence-corrected chi connectivity index (χ0v) is 10.6. The van der Waals surface area contributed by atoms with Crippen LogP contribution in [0.3, 0.4) is 0 Å². The molecule has 3 aromatic rings. The lowest BCUT2D eigenvalue weighted by Crippen LogP contribution is -2.04. The molecule has 0 spiro atoms. The van der Waals surface area contributed by atoms with Gasteiger partial charge in [-0.05, 0) is 24.6 Å². The van der Waals surface area contributed by atoms with E-state index in [0.717, 1.165) is 35.3 Å². The van der Waals surface area contributed by atoms with Gasteiger partial charge in [0.15, 0.2) is 5.82 Å². The van der Waals surface area contributed by atoms with Gasteiger partial charge in [0, 0.05) is 12.4 Å². The summed E-state index contributed by atoms with van der Waals surface area (Å²) in [5.74, 6) is 0.487. The Morgan fingerprint density at radius 1 is 1.16 bits per heavy atom. The second kappa shape index (κ2) is 4.64. The number of hydrogen-bond donors (Lipinski definition) is 1. The monoisotopic (exact) mass is 254 g/mol. The third-order valence-corrected chi connectivity index (χ3v) is 2.98. The van der Waals surface area contributed by atoms with Crippen molar-refractivity contribution in [1.82, 2.24) is 25.0 Å². The number of benzene rings is 1. The summed E-state index contributed by atoms with van der Waals surface area (Å²) in [6.45, 7) is 2.10. The Balaban J connectivity index is 2.13. The fourth-order valence-corrected chi connectivity index (χ4v) is 2.07. The molecule has 6 heteroatoms. The van der Waals surface area contributed by atoms with Gasteiger partial charge >= 0.3 is 0 Å². The molecule has 19 heavy (non-hydrogen) atoms. The molecule has 1 aromatic carbocycles. The van der Waals surface area contributed by atoms with Crippen LogP contribution in [0.5, 0.6) is 0 Å². The molecule has 6 nitrogen and oxygen atoms in total. The van der Waals surface area contributed by atoms with E-state index in [1.807, 2.05) is 18.2 Å². The zero-order valence-electron chi connectivity index (χ0n) is 10.6. The second-order valence-corrected chi connectivity index (χ2v) is 4.31. The zero-order chi connectivity index (χ0) is 13.2.